The average Bonchev–Trinajstić information content (AvgIpc) is 2.18. The molecule has 0 bridgehead atoms. The molecule has 0 fully saturated rings. The fraction of sp³-hybridized carbons (Fsp3) is 0.556. The van der Waals surface area contributed by atoms with E-state index in [9.17, 15) is 0 Å². The number of nitrogens with one attached hydrogen (secondary N) is 1. The van der Waals surface area contributed by atoms with Gasteiger partial charge < -0.3 is 10.4 Å². The minimum absolute atomic E-state index is 0.0218. The second kappa shape index (κ2) is 5.49. The van der Waals surface area contributed by atoms with Crippen LogP contribution < -0.4 is 5.32 Å². The Kier molecular flexibility index (Phi) is 4.57. The van der Waals surface area contributed by atoms with Crippen molar-refractivity contribution >= 4 is 28.9 Å². The van der Waals surface area contributed by atoms with Gasteiger partial charge in [0.1, 0.15) is 0 Å². The van der Waals surface area contributed by atoms with Gasteiger partial charge >= 0.3 is 0 Å². The van der Waals surface area contributed by atoms with Crippen molar-refractivity contribution in [3.05, 3.63) is 16.4 Å². The number of anilines is 1. The Hall–Kier alpha value is -0.580. The molecule has 1 rings (SSSR count). The SMILES string of the molecule is CC(C)[C@H](CO)Nc1cc(Cl)nnc1Cl. The molecule has 0 radical (unpaired) electrons. The lowest BCUT2D eigenvalue weighted by Crippen LogP contribution is -2.29. The fourth-order valence-corrected chi connectivity index (χ4v) is 1.37. The Morgan fingerprint density at radius 3 is 2.60 bits per heavy atom. The number of aromatic nitrogens is 2. The molecule has 1 aromatic rings. The van der Waals surface area contributed by atoms with E-state index in [4.69, 9.17) is 28.3 Å². The molecule has 84 valence electrons. The van der Waals surface area contributed by atoms with Crippen LogP contribution in [0.3, 0.4) is 0 Å². The van der Waals surface area contributed by atoms with Gasteiger partial charge in [-0.05, 0) is 5.92 Å². The molecule has 0 unspecified atom stereocenters. The molecule has 0 saturated heterocycles. The largest absolute Gasteiger partial charge is 0.394 e. The first-order chi connectivity index (χ1) is 7.04. The van der Waals surface area contributed by atoms with Crippen molar-refractivity contribution in [2.45, 2.75) is 19.9 Å². The van der Waals surface area contributed by atoms with Crippen LogP contribution in [0.4, 0.5) is 5.69 Å². The van der Waals surface area contributed by atoms with Crippen LogP contribution in [-0.4, -0.2) is 28.0 Å². The van der Waals surface area contributed by atoms with E-state index in [1.54, 1.807) is 6.07 Å². The fourth-order valence-electron chi connectivity index (χ4n) is 1.08. The van der Waals surface area contributed by atoms with Gasteiger partial charge in [0.15, 0.2) is 10.3 Å². The van der Waals surface area contributed by atoms with Gasteiger partial charge in [0.05, 0.1) is 18.3 Å². The summed E-state index contributed by atoms with van der Waals surface area (Å²) in [5.41, 5.74) is 0.587. The number of hydrogen-bond acceptors (Lipinski definition) is 4. The Morgan fingerprint density at radius 1 is 1.40 bits per heavy atom. The van der Waals surface area contributed by atoms with E-state index in [2.05, 4.69) is 15.5 Å². The minimum atomic E-state index is -0.0808. The summed E-state index contributed by atoms with van der Waals surface area (Å²) in [7, 11) is 0. The normalized spacial score (nSPS) is 12.9. The van der Waals surface area contributed by atoms with Gasteiger partial charge in [-0.3, -0.25) is 0 Å². The summed E-state index contributed by atoms with van der Waals surface area (Å²) in [6.45, 7) is 4.02. The monoisotopic (exact) mass is 249 g/mol. The van der Waals surface area contributed by atoms with Crippen LogP contribution in [0.2, 0.25) is 10.3 Å². The first-order valence-electron chi connectivity index (χ1n) is 4.60. The topological polar surface area (TPSA) is 58.0 Å². The number of aliphatic hydroxyl groups is 1. The Morgan fingerprint density at radius 2 is 2.07 bits per heavy atom. The highest BCUT2D eigenvalue weighted by atomic mass is 35.5. The first kappa shape index (κ1) is 12.5. The molecule has 15 heavy (non-hydrogen) atoms. The van der Waals surface area contributed by atoms with Crippen LogP contribution >= 0.6 is 23.2 Å². The van der Waals surface area contributed by atoms with E-state index >= 15 is 0 Å². The predicted molar refractivity (Wildman–Crippen MR) is 61.4 cm³/mol. The lowest BCUT2D eigenvalue weighted by molar-refractivity contribution is 0.249. The maximum Gasteiger partial charge on any atom is 0.174 e. The maximum absolute atomic E-state index is 9.14. The summed E-state index contributed by atoms with van der Waals surface area (Å²) in [4.78, 5) is 0. The van der Waals surface area contributed by atoms with E-state index in [1.807, 2.05) is 13.8 Å². The lowest BCUT2D eigenvalue weighted by atomic mass is 10.1. The summed E-state index contributed by atoms with van der Waals surface area (Å²) in [6, 6.07) is 1.50. The highest BCUT2D eigenvalue weighted by molar-refractivity contribution is 6.33. The van der Waals surface area contributed by atoms with Crippen LogP contribution in [0.1, 0.15) is 13.8 Å². The van der Waals surface area contributed by atoms with E-state index in [1.165, 1.54) is 0 Å². The molecule has 1 heterocycles. The van der Waals surface area contributed by atoms with Gasteiger partial charge in [-0.2, -0.15) is 0 Å². The molecule has 6 heteroatoms. The van der Waals surface area contributed by atoms with Crippen LogP contribution in [0, 0.1) is 5.92 Å². The lowest BCUT2D eigenvalue weighted by Gasteiger charge is -2.21. The van der Waals surface area contributed by atoms with Gasteiger partial charge in [0.2, 0.25) is 0 Å². The second-order valence-corrected chi connectivity index (χ2v) is 4.29. The van der Waals surface area contributed by atoms with Gasteiger partial charge in [-0.1, -0.05) is 37.0 Å². The van der Waals surface area contributed by atoms with E-state index < -0.39 is 0 Å². The predicted octanol–water partition coefficient (Wildman–Crippen LogP) is 2.21. The third-order valence-corrected chi connectivity index (χ3v) is 2.53. The quantitative estimate of drug-likeness (QED) is 0.860. The second-order valence-electron chi connectivity index (χ2n) is 3.55. The number of rotatable bonds is 4. The molecule has 1 atom stereocenters. The van der Waals surface area contributed by atoms with E-state index in [0.29, 0.717) is 5.69 Å². The molecule has 1 aromatic heterocycles. The van der Waals surface area contributed by atoms with Crippen molar-refractivity contribution in [3.8, 4) is 0 Å². The zero-order valence-corrected chi connectivity index (χ0v) is 10.0. The van der Waals surface area contributed by atoms with Crippen LogP contribution in [0.25, 0.3) is 0 Å². The molecule has 2 N–H and O–H groups in total. The Bertz CT molecular complexity index is 333. The van der Waals surface area contributed by atoms with Crippen LogP contribution in [0.5, 0.6) is 0 Å². The van der Waals surface area contributed by atoms with Crippen molar-refractivity contribution in [1.29, 1.82) is 0 Å². The molecule has 0 amide bonds. The van der Waals surface area contributed by atoms with Crippen molar-refractivity contribution < 1.29 is 5.11 Å². The standard InChI is InChI=1S/C9H13Cl2N3O/c1-5(2)7(4-15)12-6-3-8(10)13-14-9(6)11/h3,5,7,15H,4H2,1-2H3,(H,12,13)/t7-/m0/s1. The van der Waals surface area contributed by atoms with Crippen LogP contribution in [0.15, 0.2) is 6.07 Å². The van der Waals surface area contributed by atoms with Crippen molar-refractivity contribution in [3.63, 3.8) is 0 Å². The smallest absolute Gasteiger partial charge is 0.174 e. The third-order valence-electron chi connectivity index (χ3n) is 2.06. The van der Waals surface area contributed by atoms with Crippen molar-refractivity contribution in [2.24, 2.45) is 5.92 Å². The summed E-state index contributed by atoms with van der Waals surface area (Å²) in [6.07, 6.45) is 0. The summed E-state index contributed by atoms with van der Waals surface area (Å²) in [5.74, 6) is 0.276. The highest BCUT2D eigenvalue weighted by Crippen LogP contribution is 2.22. The van der Waals surface area contributed by atoms with Crippen molar-refractivity contribution in [2.75, 3.05) is 11.9 Å². The number of nitrogens with zero attached hydrogens (tertiary/aromatic N) is 2. The Balaban J connectivity index is 2.82. The average molecular weight is 250 g/mol. The van der Waals surface area contributed by atoms with Gasteiger partial charge in [-0.25, -0.2) is 0 Å². The zero-order valence-electron chi connectivity index (χ0n) is 8.54. The molecule has 0 aromatic carbocycles. The minimum Gasteiger partial charge on any atom is -0.394 e. The van der Waals surface area contributed by atoms with E-state index in [-0.39, 0.29) is 28.9 Å². The molecule has 0 aliphatic carbocycles. The van der Waals surface area contributed by atoms with Crippen molar-refractivity contribution in [1.82, 2.24) is 10.2 Å². The summed E-state index contributed by atoms with van der Waals surface area (Å²) >= 11 is 11.5. The molecule has 4 nitrogen and oxygen atoms in total. The zero-order chi connectivity index (χ0) is 11.4. The third kappa shape index (κ3) is 3.48. The number of halogens is 2. The Labute approximate surface area is 98.6 Å². The number of hydrogen-bond donors (Lipinski definition) is 2. The highest BCUT2D eigenvalue weighted by Gasteiger charge is 2.14. The molecular weight excluding hydrogens is 237 g/mol. The number of aliphatic hydroxyl groups excluding tert-OH is 1. The molecular formula is C9H13Cl2N3O. The summed E-state index contributed by atoms with van der Waals surface area (Å²) < 4.78 is 0. The van der Waals surface area contributed by atoms with Gasteiger partial charge in [0.25, 0.3) is 0 Å². The van der Waals surface area contributed by atoms with E-state index in [0.717, 1.165) is 0 Å². The molecule has 0 aliphatic heterocycles. The van der Waals surface area contributed by atoms with Gasteiger partial charge in [-0.15, -0.1) is 10.2 Å². The first-order valence-corrected chi connectivity index (χ1v) is 5.36. The van der Waals surface area contributed by atoms with Crippen LogP contribution in [-0.2, 0) is 0 Å². The maximum atomic E-state index is 9.14. The van der Waals surface area contributed by atoms with Gasteiger partial charge in [0, 0.05) is 6.07 Å². The molecule has 0 aliphatic rings. The summed E-state index contributed by atoms with van der Waals surface area (Å²) in [5, 5.41) is 20.0. The molecule has 0 spiro atoms. The molecule has 0 saturated carbocycles.